The third kappa shape index (κ3) is 3.88. The summed E-state index contributed by atoms with van der Waals surface area (Å²) in [7, 11) is 5.56. The Balaban J connectivity index is 0.00000240. The van der Waals surface area contributed by atoms with Crippen LogP contribution in [0.3, 0.4) is 0 Å². The third-order valence-corrected chi connectivity index (χ3v) is 5.83. The summed E-state index contributed by atoms with van der Waals surface area (Å²) in [5.41, 5.74) is 3.00. The molecule has 4 aromatic rings. The van der Waals surface area contributed by atoms with Gasteiger partial charge in [0, 0.05) is 28.9 Å². The molecule has 0 aliphatic rings. The molecule has 0 aliphatic carbocycles. The maximum atomic E-state index is 14.8. The summed E-state index contributed by atoms with van der Waals surface area (Å²) in [6.45, 7) is 0.961. The molecule has 152 valence electrons. The van der Waals surface area contributed by atoms with Gasteiger partial charge < -0.3 is 14.6 Å². The lowest BCUT2D eigenvalue weighted by atomic mass is 9.96. The Kier molecular flexibility index (Phi) is 6.27. The van der Waals surface area contributed by atoms with Crippen LogP contribution in [0.1, 0.15) is 5.56 Å². The van der Waals surface area contributed by atoms with E-state index in [0.29, 0.717) is 15.8 Å². The van der Waals surface area contributed by atoms with E-state index in [4.69, 9.17) is 4.74 Å². The minimum absolute atomic E-state index is 0. The molecule has 0 radical (unpaired) electrons. The van der Waals surface area contributed by atoms with Crippen LogP contribution < -0.4 is 10.3 Å². The Labute approximate surface area is 178 Å². The molecule has 0 amide bonds. The molecule has 29 heavy (non-hydrogen) atoms. The molecule has 1 N–H and O–H groups in total. The molecule has 7 heteroatoms. The van der Waals surface area contributed by atoms with Gasteiger partial charge in [-0.15, -0.1) is 23.7 Å². The van der Waals surface area contributed by atoms with Gasteiger partial charge >= 0.3 is 0 Å². The summed E-state index contributed by atoms with van der Waals surface area (Å²) >= 11 is 1.38. The van der Waals surface area contributed by atoms with Gasteiger partial charge in [-0.2, -0.15) is 0 Å². The molecule has 4 rings (SSSR count). The van der Waals surface area contributed by atoms with Crippen molar-refractivity contribution in [2.24, 2.45) is 0 Å². The fourth-order valence-electron chi connectivity index (χ4n) is 3.54. The number of hydrogen-bond acceptors (Lipinski definition) is 4. The summed E-state index contributed by atoms with van der Waals surface area (Å²) in [6.07, 6.45) is 0.941. The number of H-pyrrole nitrogens is 1. The SMILES string of the molecule is COc1c(F)cc2[nH]c(=O)c3sccc3c2c1-c1ccc(CCN(C)C)cc1.Cl. The average Bonchev–Trinajstić information content (AvgIpc) is 3.16. The molecule has 2 aromatic carbocycles. The molecule has 2 aromatic heterocycles. The van der Waals surface area contributed by atoms with Crippen LogP contribution in [-0.4, -0.2) is 37.6 Å². The number of aromatic amines is 1. The topological polar surface area (TPSA) is 45.3 Å². The van der Waals surface area contributed by atoms with Crippen molar-refractivity contribution in [2.75, 3.05) is 27.7 Å². The second-order valence-electron chi connectivity index (χ2n) is 7.06. The molecule has 0 saturated heterocycles. The van der Waals surface area contributed by atoms with Crippen LogP contribution in [0.4, 0.5) is 4.39 Å². The number of methoxy groups -OCH3 is 1. The number of aromatic nitrogens is 1. The zero-order chi connectivity index (χ0) is 19.8. The van der Waals surface area contributed by atoms with Crippen molar-refractivity contribution in [1.29, 1.82) is 0 Å². The van der Waals surface area contributed by atoms with E-state index in [1.165, 1.54) is 30.1 Å². The summed E-state index contributed by atoms with van der Waals surface area (Å²) in [4.78, 5) is 17.3. The van der Waals surface area contributed by atoms with Crippen molar-refractivity contribution in [3.63, 3.8) is 0 Å². The first-order chi connectivity index (χ1) is 13.5. The van der Waals surface area contributed by atoms with Gasteiger partial charge in [0.25, 0.3) is 5.56 Å². The van der Waals surface area contributed by atoms with E-state index in [1.807, 2.05) is 37.7 Å². The first-order valence-electron chi connectivity index (χ1n) is 9.03. The van der Waals surface area contributed by atoms with Crippen molar-refractivity contribution in [3.8, 4) is 16.9 Å². The first kappa shape index (κ1) is 21.3. The Hall–Kier alpha value is -2.41. The Bertz CT molecular complexity index is 1220. The molecule has 0 unspecified atom stereocenters. The Morgan fingerprint density at radius 2 is 1.90 bits per heavy atom. The summed E-state index contributed by atoms with van der Waals surface area (Å²) in [5.74, 6) is -0.306. The van der Waals surface area contributed by atoms with Crippen LogP contribution in [0.15, 0.2) is 46.6 Å². The van der Waals surface area contributed by atoms with Crippen LogP contribution >= 0.6 is 23.7 Å². The fraction of sp³-hybridized carbons (Fsp3) is 0.227. The third-order valence-electron chi connectivity index (χ3n) is 4.92. The molecule has 0 fully saturated rings. The van der Waals surface area contributed by atoms with E-state index in [0.717, 1.165) is 29.3 Å². The van der Waals surface area contributed by atoms with Crippen molar-refractivity contribution in [2.45, 2.75) is 6.42 Å². The second-order valence-corrected chi connectivity index (χ2v) is 7.97. The van der Waals surface area contributed by atoms with Crippen LogP contribution in [0.5, 0.6) is 5.75 Å². The van der Waals surface area contributed by atoms with E-state index < -0.39 is 5.82 Å². The van der Waals surface area contributed by atoms with E-state index in [-0.39, 0.29) is 23.7 Å². The minimum atomic E-state index is -0.494. The fourth-order valence-corrected chi connectivity index (χ4v) is 4.33. The van der Waals surface area contributed by atoms with E-state index in [1.54, 1.807) is 0 Å². The molecule has 0 saturated carbocycles. The monoisotopic (exact) mass is 432 g/mol. The number of ether oxygens (including phenoxy) is 1. The van der Waals surface area contributed by atoms with Gasteiger partial charge in [-0.25, -0.2) is 4.39 Å². The summed E-state index contributed by atoms with van der Waals surface area (Å²) in [5, 5.41) is 3.49. The minimum Gasteiger partial charge on any atom is -0.493 e. The number of likely N-dealkylation sites (N-methyl/N-ethyl adjacent to an activating group) is 1. The predicted octanol–water partition coefficient (Wildman–Crippen LogP) is 5.08. The van der Waals surface area contributed by atoms with Crippen molar-refractivity contribution in [1.82, 2.24) is 9.88 Å². The number of halogens is 2. The summed E-state index contributed by atoms with van der Waals surface area (Å²) in [6, 6.07) is 11.3. The number of nitrogens with one attached hydrogen (secondary N) is 1. The van der Waals surface area contributed by atoms with Crippen molar-refractivity contribution < 1.29 is 9.13 Å². The van der Waals surface area contributed by atoms with E-state index in [2.05, 4.69) is 22.0 Å². The van der Waals surface area contributed by atoms with Crippen molar-refractivity contribution in [3.05, 3.63) is 63.5 Å². The van der Waals surface area contributed by atoms with Crippen LogP contribution in [0.2, 0.25) is 0 Å². The van der Waals surface area contributed by atoms with Gasteiger partial charge in [0.15, 0.2) is 11.6 Å². The van der Waals surface area contributed by atoms with Gasteiger partial charge in [-0.3, -0.25) is 4.79 Å². The van der Waals surface area contributed by atoms with Gasteiger partial charge in [0.05, 0.1) is 12.6 Å². The maximum absolute atomic E-state index is 14.8. The van der Waals surface area contributed by atoms with Crippen molar-refractivity contribution >= 4 is 44.7 Å². The first-order valence-corrected chi connectivity index (χ1v) is 9.91. The molecule has 4 nitrogen and oxygen atoms in total. The lowest BCUT2D eigenvalue weighted by molar-refractivity contribution is 0.389. The van der Waals surface area contributed by atoms with Crippen LogP contribution in [0, 0.1) is 5.82 Å². The lowest BCUT2D eigenvalue weighted by Gasteiger charge is -2.15. The number of pyridine rings is 1. The van der Waals surface area contributed by atoms with E-state index in [9.17, 15) is 9.18 Å². The molecule has 0 aliphatic heterocycles. The highest BCUT2D eigenvalue weighted by molar-refractivity contribution is 7.17. The van der Waals surface area contributed by atoms with E-state index >= 15 is 0 Å². The zero-order valence-electron chi connectivity index (χ0n) is 16.4. The number of nitrogens with zero attached hydrogens (tertiary/aromatic N) is 1. The highest BCUT2D eigenvalue weighted by Gasteiger charge is 2.20. The average molecular weight is 433 g/mol. The van der Waals surface area contributed by atoms with Gasteiger partial charge in [-0.1, -0.05) is 24.3 Å². The van der Waals surface area contributed by atoms with Crippen LogP contribution in [-0.2, 0) is 6.42 Å². The summed E-state index contributed by atoms with van der Waals surface area (Å²) < 4.78 is 20.8. The van der Waals surface area contributed by atoms with Gasteiger partial charge in [0.1, 0.15) is 4.70 Å². The number of fused-ring (bicyclic) bond motifs is 3. The number of benzene rings is 2. The lowest BCUT2D eigenvalue weighted by Crippen LogP contribution is -2.14. The van der Waals surface area contributed by atoms with Gasteiger partial charge in [0.2, 0.25) is 0 Å². The second kappa shape index (κ2) is 8.53. The molecule has 0 spiro atoms. The number of thiophene rings is 1. The molecule has 0 bridgehead atoms. The number of rotatable bonds is 5. The highest BCUT2D eigenvalue weighted by Crippen LogP contribution is 2.41. The quantitative estimate of drug-likeness (QED) is 0.478. The molecule has 0 atom stereocenters. The Morgan fingerprint density at radius 3 is 2.55 bits per heavy atom. The molecular weight excluding hydrogens is 411 g/mol. The largest absolute Gasteiger partial charge is 0.493 e. The highest BCUT2D eigenvalue weighted by atomic mass is 35.5. The molecular formula is C22H22ClFN2O2S. The standard InChI is InChI=1S/C22H21FN2O2S.ClH/c1-25(2)10-8-13-4-6-14(7-5-13)18-19-15-9-11-28-21(15)22(26)24-17(19)12-16(23)20(18)27-3;/h4-7,9,11-12H,8,10H2,1-3H3,(H,24,26);1H. The zero-order valence-corrected chi connectivity index (χ0v) is 18.0. The smallest absolute Gasteiger partial charge is 0.266 e. The van der Waals surface area contributed by atoms with Gasteiger partial charge in [-0.05, 0) is 43.1 Å². The normalized spacial score (nSPS) is 11.2. The maximum Gasteiger partial charge on any atom is 0.266 e. The predicted molar refractivity (Wildman–Crippen MR) is 121 cm³/mol. The number of hydrogen-bond donors (Lipinski definition) is 1. The van der Waals surface area contributed by atoms with Crippen LogP contribution in [0.25, 0.3) is 32.1 Å². The Morgan fingerprint density at radius 1 is 1.17 bits per heavy atom. The molecule has 2 heterocycles.